The molecule has 15 heavy (non-hydrogen) atoms. The lowest BCUT2D eigenvalue weighted by atomic mass is 10.1. The van der Waals surface area contributed by atoms with Gasteiger partial charge in [0.25, 0.3) is 0 Å². The molecule has 0 aliphatic heterocycles. The molecule has 0 aliphatic rings. The number of likely N-dealkylation sites (N-methyl/N-ethyl adjacent to an activating group) is 1. The van der Waals surface area contributed by atoms with Crippen LogP contribution in [0.5, 0.6) is 0 Å². The van der Waals surface area contributed by atoms with Crippen LogP contribution in [-0.2, 0) is 11.2 Å². The van der Waals surface area contributed by atoms with Gasteiger partial charge in [0, 0.05) is 26.1 Å². The summed E-state index contributed by atoms with van der Waals surface area (Å²) in [7, 11) is 1.81. The van der Waals surface area contributed by atoms with Crippen LogP contribution in [0.4, 0.5) is 0 Å². The van der Waals surface area contributed by atoms with Crippen LogP contribution >= 0.6 is 11.3 Å². The number of nitrogens with two attached hydrogens (primary N) is 1. The number of amides is 1. The van der Waals surface area contributed by atoms with Gasteiger partial charge in [-0.2, -0.15) is 11.3 Å². The molecule has 1 rings (SSSR count). The zero-order valence-corrected chi connectivity index (χ0v) is 10.1. The third-order valence-corrected chi connectivity index (χ3v) is 3.34. The molecule has 3 nitrogen and oxygen atoms in total. The molecule has 1 aromatic rings. The fourth-order valence-corrected chi connectivity index (χ4v) is 1.97. The van der Waals surface area contributed by atoms with E-state index in [0.717, 1.165) is 6.42 Å². The lowest BCUT2D eigenvalue weighted by molar-refractivity contribution is -0.131. The molecular formula is C11H18N2OS. The molecule has 2 N–H and O–H groups in total. The fourth-order valence-electron chi connectivity index (χ4n) is 1.27. The largest absolute Gasteiger partial charge is 0.342 e. The normalized spacial score (nSPS) is 12.5. The van der Waals surface area contributed by atoms with E-state index in [9.17, 15) is 4.79 Å². The molecule has 0 saturated carbocycles. The summed E-state index contributed by atoms with van der Waals surface area (Å²) < 4.78 is 0. The Bertz CT molecular complexity index is 298. The second-order valence-corrected chi connectivity index (χ2v) is 4.50. The Kier molecular flexibility index (Phi) is 4.78. The van der Waals surface area contributed by atoms with Crippen molar-refractivity contribution in [3.8, 4) is 0 Å². The lowest BCUT2D eigenvalue weighted by Crippen LogP contribution is -2.39. The first-order chi connectivity index (χ1) is 7.15. The number of carbonyl (C=O) groups is 1. The average molecular weight is 226 g/mol. The quantitative estimate of drug-likeness (QED) is 0.826. The second kappa shape index (κ2) is 5.88. The molecule has 4 heteroatoms. The summed E-state index contributed by atoms with van der Waals surface area (Å²) in [5.41, 5.74) is 6.75. The minimum Gasteiger partial charge on any atom is -0.342 e. The van der Waals surface area contributed by atoms with Crippen molar-refractivity contribution in [3.63, 3.8) is 0 Å². The molecule has 0 fully saturated rings. The number of carbonyl (C=O) groups excluding carboxylic acids is 1. The zero-order valence-electron chi connectivity index (χ0n) is 9.27. The molecule has 1 unspecified atom stereocenters. The Morgan fingerprint density at radius 3 is 2.93 bits per heavy atom. The number of nitrogens with zero attached hydrogens (tertiary/aromatic N) is 1. The van der Waals surface area contributed by atoms with Crippen molar-refractivity contribution in [1.29, 1.82) is 0 Å². The first-order valence-corrected chi connectivity index (χ1v) is 6.06. The van der Waals surface area contributed by atoms with E-state index in [0.29, 0.717) is 13.0 Å². The van der Waals surface area contributed by atoms with Gasteiger partial charge in [-0.3, -0.25) is 4.79 Å². The van der Waals surface area contributed by atoms with Crippen LogP contribution in [0.3, 0.4) is 0 Å². The lowest BCUT2D eigenvalue weighted by Gasteiger charge is -2.23. The van der Waals surface area contributed by atoms with Crippen molar-refractivity contribution in [1.82, 2.24) is 4.90 Å². The first kappa shape index (κ1) is 12.2. The molecule has 0 aromatic carbocycles. The summed E-state index contributed by atoms with van der Waals surface area (Å²) >= 11 is 1.67. The number of thiophene rings is 1. The smallest absolute Gasteiger partial charge is 0.222 e. The minimum atomic E-state index is 0.125. The van der Waals surface area contributed by atoms with E-state index in [1.807, 2.05) is 19.4 Å². The highest BCUT2D eigenvalue weighted by Gasteiger charge is 2.13. The van der Waals surface area contributed by atoms with Crippen molar-refractivity contribution < 1.29 is 4.79 Å². The van der Waals surface area contributed by atoms with E-state index in [1.165, 1.54) is 5.56 Å². The molecule has 0 radical (unpaired) electrons. The maximum Gasteiger partial charge on any atom is 0.222 e. The van der Waals surface area contributed by atoms with Gasteiger partial charge in [-0.1, -0.05) is 0 Å². The van der Waals surface area contributed by atoms with Crippen LogP contribution in [0.15, 0.2) is 16.8 Å². The van der Waals surface area contributed by atoms with E-state index in [1.54, 1.807) is 16.2 Å². The van der Waals surface area contributed by atoms with Gasteiger partial charge in [-0.05, 0) is 35.7 Å². The minimum absolute atomic E-state index is 0.125. The fraction of sp³-hybridized carbons (Fsp3) is 0.545. The van der Waals surface area contributed by atoms with Crippen molar-refractivity contribution >= 4 is 17.2 Å². The monoisotopic (exact) mass is 226 g/mol. The molecular weight excluding hydrogens is 208 g/mol. The first-order valence-electron chi connectivity index (χ1n) is 5.12. The van der Waals surface area contributed by atoms with E-state index in [-0.39, 0.29) is 11.9 Å². The molecule has 1 amide bonds. The Hall–Kier alpha value is -0.870. The number of rotatable bonds is 5. The summed E-state index contributed by atoms with van der Waals surface area (Å²) in [6, 6.07) is 2.18. The topological polar surface area (TPSA) is 46.3 Å². The standard InChI is InChI=1S/C11H18N2OS/c1-9(7-12)13(2)11(14)4-3-10-5-6-15-8-10/h5-6,8-9H,3-4,7,12H2,1-2H3. The average Bonchev–Trinajstić information content (AvgIpc) is 2.76. The van der Waals surface area contributed by atoms with Crippen LogP contribution in [0.1, 0.15) is 18.9 Å². The van der Waals surface area contributed by atoms with Gasteiger partial charge in [-0.25, -0.2) is 0 Å². The maximum atomic E-state index is 11.7. The SMILES string of the molecule is CC(CN)N(C)C(=O)CCc1ccsc1. The molecule has 0 spiro atoms. The third kappa shape index (κ3) is 3.64. The van der Waals surface area contributed by atoms with Crippen molar-refractivity contribution in [2.75, 3.05) is 13.6 Å². The van der Waals surface area contributed by atoms with Crippen molar-refractivity contribution in [2.45, 2.75) is 25.8 Å². The second-order valence-electron chi connectivity index (χ2n) is 3.72. The zero-order chi connectivity index (χ0) is 11.3. The van der Waals surface area contributed by atoms with Gasteiger partial charge < -0.3 is 10.6 Å². The molecule has 0 aliphatic carbocycles. The Morgan fingerprint density at radius 2 is 2.40 bits per heavy atom. The van der Waals surface area contributed by atoms with Crippen LogP contribution in [0, 0.1) is 0 Å². The Labute approximate surface area is 94.9 Å². The molecule has 84 valence electrons. The summed E-state index contributed by atoms with van der Waals surface area (Å²) in [6.45, 7) is 2.48. The summed E-state index contributed by atoms with van der Waals surface area (Å²) in [5.74, 6) is 0.166. The van der Waals surface area contributed by atoms with E-state index in [4.69, 9.17) is 5.73 Å². The predicted octanol–water partition coefficient (Wildman–Crippen LogP) is 1.49. The predicted molar refractivity (Wildman–Crippen MR) is 63.9 cm³/mol. The van der Waals surface area contributed by atoms with Crippen LogP contribution < -0.4 is 5.73 Å². The van der Waals surface area contributed by atoms with Crippen molar-refractivity contribution in [3.05, 3.63) is 22.4 Å². The molecule has 1 heterocycles. The van der Waals surface area contributed by atoms with Crippen LogP contribution in [-0.4, -0.2) is 30.4 Å². The third-order valence-electron chi connectivity index (χ3n) is 2.60. The van der Waals surface area contributed by atoms with Gasteiger partial charge in [0.1, 0.15) is 0 Å². The Balaban J connectivity index is 2.36. The van der Waals surface area contributed by atoms with Crippen LogP contribution in [0.25, 0.3) is 0 Å². The van der Waals surface area contributed by atoms with Crippen LogP contribution in [0.2, 0.25) is 0 Å². The Morgan fingerprint density at radius 1 is 1.67 bits per heavy atom. The summed E-state index contributed by atoms with van der Waals surface area (Å²) in [4.78, 5) is 13.4. The highest BCUT2D eigenvalue weighted by molar-refractivity contribution is 7.07. The molecule has 0 saturated heterocycles. The van der Waals surface area contributed by atoms with Gasteiger partial charge in [0.2, 0.25) is 5.91 Å². The number of aryl methyl sites for hydroxylation is 1. The molecule has 0 bridgehead atoms. The number of hydrogen-bond donors (Lipinski definition) is 1. The highest BCUT2D eigenvalue weighted by Crippen LogP contribution is 2.09. The van der Waals surface area contributed by atoms with Gasteiger partial charge in [0.05, 0.1) is 0 Å². The van der Waals surface area contributed by atoms with Gasteiger partial charge in [0.15, 0.2) is 0 Å². The molecule has 1 atom stereocenters. The van der Waals surface area contributed by atoms with E-state index >= 15 is 0 Å². The number of hydrogen-bond acceptors (Lipinski definition) is 3. The van der Waals surface area contributed by atoms with E-state index < -0.39 is 0 Å². The van der Waals surface area contributed by atoms with Gasteiger partial charge >= 0.3 is 0 Å². The van der Waals surface area contributed by atoms with E-state index in [2.05, 4.69) is 11.4 Å². The summed E-state index contributed by atoms with van der Waals surface area (Å²) in [6.07, 6.45) is 1.39. The summed E-state index contributed by atoms with van der Waals surface area (Å²) in [5, 5.41) is 4.12. The maximum absolute atomic E-state index is 11.7. The molecule has 1 aromatic heterocycles. The highest BCUT2D eigenvalue weighted by atomic mass is 32.1. The van der Waals surface area contributed by atoms with Crippen molar-refractivity contribution in [2.24, 2.45) is 5.73 Å². The van der Waals surface area contributed by atoms with Gasteiger partial charge in [-0.15, -0.1) is 0 Å².